The summed E-state index contributed by atoms with van der Waals surface area (Å²) < 4.78 is 3.77. The lowest BCUT2D eigenvalue weighted by atomic mass is 10.2. The molecular weight excluding hydrogens is 240 g/mol. The molecule has 2 heterocycles. The van der Waals surface area contributed by atoms with Crippen LogP contribution in [-0.2, 0) is 25.9 Å². The molecule has 0 bridgehead atoms. The Balaban J connectivity index is 2.22. The molecule has 0 aliphatic heterocycles. The van der Waals surface area contributed by atoms with Gasteiger partial charge in [0, 0.05) is 25.5 Å². The summed E-state index contributed by atoms with van der Waals surface area (Å²) in [6, 6.07) is 1.89. The fraction of sp³-hybridized carbons (Fsp3) is 0.500. The molecule has 0 unspecified atom stereocenters. The Morgan fingerprint density at radius 1 is 1.26 bits per heavy atom. The van der Waals surface area contributed by atoms with E-state index in [4.69, 9.17) is 0 Å². The largest absolute Gasteiger partial charge is 0.335 e. The number of Topliss-reactive ketones (excluding diaryl/α,β-unsaturated/α-hetero) is 1. The molecule has 0 aliphatic carbocycles. The van der Waals surface area contributed by atoms with Crippen molar-refractivity contribution < 1.29 is 4.79 Å². The number of imidazole rings is 1. The van der Waals surface area contributed by atoms with Gasteiger partial charge in [-0.3, -0.25) is 9.48 Å². The molecule has 19 heavy (non-hydrogen) atoms. The van der Waals surface area contributed by atoms with Crippen molar-refractivity contribution in [2.75, 3.05) is 0 Å². The topological polar surface area (TPSA) is 52.7 Å². The summed E-state index contributed by atoms with van der Waals surface area (Å²) in [7, 11) is 0. The minimum absolute atomic E-state index is 0.0787. The van der Waals surface area contributed by atoms with Gasteiger partial charge in [0.25, 0.3) is 0 Å². The molecule has 2 aromatic heterocycles. The van der Waals surface area contributed by atoms with Crippen LogP contribution in [-0.4, -0.2) is 25.1 Å². The van der Waals surface area contributed by atoms with E-state index in [0.29, 0.717) is 18.7 Å². The molecule has 0 fully saturated rings. The molecule has 5 heteroatoms. The predicted octanol–water partition coefficient (Wildman–Crippen LogP) is 2.11. The van der Waals surface area contributed by atoms with Gasteiger partial charge in [-0.25, -0.2) is 4.98 Å². The molecule has 0 N–H and O–H groups in total. The smallest absolute Gasteiger partial charge is 0.188 e. The van der Waals surface area contributed by atoms with E-state index in [1.165, 1.54) is 0 Å². The first-order valence-electron chi connectivity index (χ1n) is 6.79. The highest BCUT2D eigenvalue weighted by atomic mass is 16.1. The molecule has 0 atom stereocenters. The minimum Gasteiger partial charge on any atom is -0.335 e. The molecule has 0 spiro atoms. The number of rotatable bonds is 6. The van der Waals surface area contributed by atoms with Gasteiger partial charge in [0.1, 0.15) is 11.5 Å². The fourth-order valence-electron chi connectivity index (χ4n) is 2.14. The van der Waals surface area contributed by atoms with Crippen LogP contribution in [0.3, 0.4) is 0 Å². The van der Waals surface area contributed by atoms with E-state index in [1.54, 1.807) is 10.9 Å². The number of ketones is 1. The number of carbonyl (C=O) groups excluding carboxylic acids is 1. The average Bonchev–Trinajstić information content (AvgIpc) is 3.03. The third kappa shape index (κ3) is 2.75. The highest BCUT2D eigenvalue weighted by Gasteiger charge is 2.16. The van der Waals surface area contributed by atoms with Crippen molar-refractivity contribution in [2.45, 2.75) is 46.7 Å². The van der Waals surface area contributed by atoms with Gasteiger partial charge < -0.3 is 4.57 Å². The van der Waals surface area contributed by atoms with Gasteiger partial charge in [-0.2, -0.15) is 5.10 Å². The standard InChI is InChI=1S/C14H20N4O/c1-4-11-9-12(18(6-3)16-11)13(19)10-14-15-7-8-17(14)5-2/h7-9H,4-6,10H2,1-3H3. The highest BCUT2D eigenvalue weighted by Crippen LogP contribution is 2.10. The van der Waals surface area contributed by atoms with E-state index in [2.05, 4.69) is 10.1 Å². The monoisotopic (exact) mass is 260 g/mol. The second-order valence-corrected chi connectivity index (χ2v) is 4.42. The molecule has 0 saturated heterocycles. The van der Waals surface area contributed by atoms with Gasteiger partial charge in [-0.15, -0.1) is 0 Å². The Morgan fingerprint density at radius 2 is 2.05 bits per heavy atom. The molecule has 0 radical (unpaired) electrons. The Hall–Kier alpha value is -1.91. The van der Waals surface area contributed by atoms with Crippen LogP contribution in [0.5, 0.6) is 0 Å². The summed E-state index contributed by atoms with van der Waals surface area (Å²) in [5.74, 6) is 0.893. The third-order valence-electron chi connectivity index (χ3n) is 3.24. The Bertz CT molecular complexity index is 568. The second kappa shape index (κ2) is 5.82. The summed E-state index contributed by atoms with van der Waals surface area (Å²) in [5, 5.41) is 4.41. The van der Waals surface area contributed by atoms with E-state index < -0.39 is 0 Å². The van der Waals surface area contributed by atoms with Gasteiger partial charge in [-0.1, -0.05) is 6.92 Å². The number of hydrogen-bond acceptors (Lipinski definition) is 3. The quantitative estimate of drug-likeness (QED) is 0.747. The fourth-order valence-corrected chi connectivity index (χ4v) is 2.14. The first kappa shape index (κ1) is 13.5. The van der Waals surface area contributed by atoms with Gasteiger partial charge in [-0.05, 0) is 26.3 Å². The van der Waals surface area contributed by atoms with E-state index in [1.807, 2.05) is 37.6 Å². The lowest BCUT2D eigenvalue weighted by molar-refractivity contribution is 0.0979. The van der Waals surface area contributed by atoms with Gasteiger partial charge in [0.05, 0.1) is 12.1 Å². The maximum absolute atomic E-state index is 12.4. The Kier molecular flexibility index (Phi) is 4.14. The average molecular weight is 260 g/mol. The summed E-state index contributed by atoms with van der Waals surface area (Å²) in [5.41, 5.74) is 1.65. The maximum atomic E-state index is 12.4. The van der Waals surface area contributed by atoms with Crippen LogP contribution in [0.15, 0.2) is 18.5 Å². The summed E-state index contributed by atoms with van der Waals surface area (Å²) in [4.78, 5) is 16.6. The van der Waals surface area contributed by atoms with Crippen molar-refractivity contribution in [1.82, 2.24) is 19.3 Å². The predicted molar refractivity (Wildman–Crippen MR) is 73.2 cm³/mol. The highest BCUT2D eigenvalue weighted by molar-refractivity contribution is 5.95. The summed E-state index contributed by atoms with van der Waals surface area (Å²) >= 11 is 0. The molecule has 5 nitrogen and oxygen atoms in total. The summed E-state index contributed by atoms with van der Waals surface area (Å²) in [6.07, 6.45) is 4.81. The van der Waals surface area contributed by atoms with Crippen molar-refractivity contribution in [1.29, 1.82) is 0 Å². The lowest BCUT2D eigenvalue weighted by Gasteiger charge is -2.05. The molecule has 2 rings (SSSR count). The van der Waals surface area contributed by atoms with E-state index >= 15 is 0 Å². The van der Waals surface area contributed by atoms with E-state index in [-0.39, 0.29) is 5.78 Å². The van der Waals surface area contributed by atoms with Crippen molar-refractivity contribution in [3.8, 4) is 0 Å². The molecule has 2 aromatic rings. The minimum atomic E-state index is 0.0787. The third-order valence-corrected chi connectivity index (χ3v) is 3.24. The van der Waals surface area contributed by atoms with E-state index in [0.717, 1.165) is 24.5 Å². The van der Waals surface area contributed by atoms with Crippen molar-refractivity contribution in [3.63, 3.8) is 0 Å². The maximum Gasteiger partial charge on any atom is 0.188 e. The molecule has 0 aromatic carbocycles. The molecule has 0 saturated carbocycles. The van der Waals surface area contributed by atoms with Crippen LogP contribution in [0.4, 0.5) is 0 Å². The normalized spacial score (nSPS) is 10.9. The first-order valence-corrected chi connectivity index (χ1v) is 6.79. The number of hydrogen-bond donors (Lipinski definition) is 0. The Labute approximate surface area is 113 Å². The second-order valence-electron chi connectivity index (χ2n) is 4.42. The number of aromatic nitrogens is 4. The lowest BCUT2D eigenvalue weighted by Crippen LogP contribution is -2.14. The van der Waals surface area contributed by atoms with E-state index in [9.17, 15) is 4.79 Å². The van der Waals surface area contributed by atoms with Crippen LogP contribution in [0.1, 0.15) is 42.8 Å². The number of aryl methyl sites for hydroxylation is 3. The van der Waals surface area contributed by atoms with Crippen LogP contribution in [0.2, 0.25) is 0 Å². The van der Waals surface area contributed by atoms with Gasteiger partial charge >= 0.3 is 0 Å². The zero-order valence-electron chi connectivity index (χ0n) is 11.8. The van der Waals surface area contributed by atoms with Crippen LogP contribution >= 0.6 is 0 Å². The van der Waals surface area contributed by atoms with Crippen LogP contribution < -0.4 is 0 Å². The van der Waals surface area contributed by atoms with Crippen molar-refractivity contribution >= 4 is 5.78 Å². The number of carbonyl (C=O) groups is 1. The van der Waals surface area contributed by atoms with Crippen LogP contribution in [0.25, 0.3) is 0 Å². The number of nitrogens with zero attached hydrogens (tertiary/aromatic N) is 4. The molecule has 102 valence electrons. The van der Waals surface area contributed by atoms with Gasteiger partial charge in [0.2, 0.25) is 0 Å². The zero-order chi connectivity index (χ0) is 13.8. The SMILES string of the molecule is CCc1cc(C(=O)Cc2nccn2CC)n(CC)n1. The molecule has 0 amide bonds. The Morgan fingerprint density at radius 3 is 2.68 bits per heavy atom. The van der Waals surface area contributed by atoms with Crippen molar-refractivity contribution in [3.05, 3.63) is 35.7 Å². The molecular formula is C14H20N4O. The zero-order valence-corrected chi connectivity index (χ0v) is 11.8. The summed E-state index contributed by atoms with van der Waals surface area (Å²) in [6.45, 7) is 7.62. The van der Waals surface area contributed by atoms with Crippen LogP contribution in [0, 0.1) is 0 Å². The van der Waals surface area contributed by atoms with Gasteiger partial charge in [0.15, 0.2) is 5.78 Å². The van der Waals surface area contributed by atoms with Crippen molar-refractivity contribution in [2.24, 2.45) is 0 Å². The molecule has 0 aliphatic rings. The first-order chi connectivity index (χ1) is 9.19.